The highest BCUT2D eigenvalue weighted by molar-refractivity contribution is 14.1. The van der Waals surface area contributed by atoms with Gasteiger partial charge in [-0.05, 0) is 77.9 Å². The summed E-state index contributed by atoms with van der Waals surface area (Å²) in [7, 11) is 0. The van der Waals surface area contributed by atoms with Gasteiger partial charge in [0.1, 0.15) is 11.8 Å². The molecule has 0 heterocycles. The minimum Gasteiger partial charge on any atom is -0.504 e. The normalized spacial score (nSPS) is 12.6. The van der Waals surface area contributed by atoms with E-state index in [0.717, 1.165) is 5.56 Å². The van der Waals surface area contributed by atoms with Crippen molar-refractivity contribution >= 4 is 63.8 Å². The van der Waals surface area contributed by atoms with Crippen molar-refractivity contribution in [2.75, 3.05) is 6.61 Å². The number of rotatable bonds is 11. The van der Waals surface area contributed by atoms with Gasteiger partial charge in [0, 0.05) is 11.4 Å². The number of nitrogens with one attached hydrogen (secondary N) is 2. The lowest BCUT2D eigenvalue weighted by atomic mass is 10.1. The molecule has 0 radical (unpaired) electrons. The van der Waals surface area contributed by atoms with Gasteiger partial charge in [-0.25, -0.2) is 5.43 Å². The maximum atomic E-state index is 13.1. The largest absolute Gasteiger partial charge is 0.504 e. The Bertz CT molecular complexity index is 1310. The lowest BCUT2D eigenvalue weighted by Crippen LogP contribution is -2.50. The number of phenolic OH excluding ortho intramolecular Hbond substituents is 1. The van der Waals surface area contributed by atoms with E-state index in [1.165, 1.54) is 12.3 Å². The summed E-state index contributed by atoms with van der Waals surface area (Å²) in [6.07, 6.45) is 0.713. The number of halogens is 3. The Morgan fingerprint density at radius 3 is 2.50 bits per heavy atom. The van der Waals surface area contributed by atoms with Gasteiger partial charge < -0.3 is 19.9 Å². The summed E-state index contributed by atoms with van der Waals surface area (Å²) < 4.78 is 11.7. The van der Waals surface area contributed by atoms with Crippen molar-refractivity contribution in [1.29, 1.82) is 0 Å². The van der Waals surface area contributed by atoms with Crippen molar-refractivity contribution in [3.8, 4) is 17.2 Å². The summed E-state index contributed by atoms with van der Waals surface area (Å²) in [5, 5.41) is 17.6. The summed E-state index contributed by atoms with van der Waals surface area (Å²) in [5.41, 5.74) is 3.94. The van der Waals surface area contributed by atoms with E-state index in [2.05, 4.69) is 15.8 Å². The first kappa shape index (κ1) is 29.5. The second kappa shape index (κ2) is 14.2. The van der Waals surface area contributed by atoms with Gasteiger partial charge >= 0.3 is 0 Å². The molecule has 2 atom stereocenters. The maximum absolute atomic E-state index is 13.1. The van der Waals surface area contributed by atoms with E-state index in [9.17, 15) is 14.7 Å². The number of hydrazone groups is 1. The van der Waals surface area contributed by atoms with Crippen LogP contribution in [0.3, 0.4) is 0 Å². The molecule has 38 heavy (non-hydrogen) atoms. The Labute approximate surface area is 244 Å². The van der Waals surface area contributed by atoms with Crippen molar-refractivity contribution in [3.63, 3.8) is 0 Å². The molecule has 3 N–H and O–H groups in total. The molecular weight excluding hydrogens is 644 g/mol. The minimum absolute atomic E-state index is 0.0375. The van der Waals surface area contributed by atoms with E-state index in [1.54, 1.807) is 31.2 Å². The van der Waals surface area contributed by atoms with E-state index < -0.39 is 24.0 Å². The first-order chi connectivity index (χ1) is 18.2. The number of ether oxygens (including phenoxy) is 2. The Balaban J connectivity index is 1.72. The molecule has 0 unspecified atom stereocenters. The molecule has 0 aliphatic rings. The van der Waals surface area contributed by atoms with Gasteiger partial charge in [-0.15, -0.1) is 0 Å². The second-order valence-corrected chi connectivity index (χ2v) is 10.1. The van der Waals surface area contributed by atoms with E-state index in [-0.39, 0.29) is 17.2 Å². The predicted molar refractivity (Wildman–Crippen MR) is 156 cm³/mol. The number of hydrogen-bond acceptors (Lipinski definition) is 6. The number of benzene rings is 3. The number of hydrogen-bond donors (Lipinski definition) is 3. The average Bonchev–Trinajstić information content (AvgIpc) is 2.88. The van der Waals surface area contributed by atoms with Crippen LogP contribution in [-0.2, 0) is 16.0 Å². The zero-order chi connectivity index (χ0) is 27.7. The number of phenols is 1. The summed E-state index contributed by atoms with van der Waals surface area (Å²) in [4.78, 5) is 26.0. The number of nitrogens with zero attached hydrogens (tertiary/aromatic N) is 1. The van der Waals surface area contributed by atoms with Gasteiger partial charge in [-0.1, -0.05) is 53.5 Å². The Morgan fingerprint density at radius 1 is 1.08 bits per heavy atom. The van der Waals surface area contributed by atoms with E-state index in [0.29, 0.717) is 32.3 Å². The Hall–Kier alpha value is -3.02. The SMILES string of the molecule is CCOc1cc(/C=N\NC(=O)[C@@H](Cc2ccccc2)NC(=O)[C@@H](C)Oc2ccc(Cl)cc2Cl)cc(I)c1O. The first-order valence-corrected chi connectivity index (χ1v) is 13.5. The molecular formula is C27H26Cl2IN3O5. The van der Waals surface area contributed by atoms with Crippen LogP contribution in [0.25, 0.3) is 0 Å². The lowest BCUT2D eigenvalue weighted by molar-refractivity contribution is -0.132. The number of carbonyl (C=O) groups excluding carboxylic acids is 2. The molecule has 2 amide bonds. The number of amides is 2. The van der Waals surface area contributed by atoms with Crippen LogP contribution in [0.5, 0.6) is 17.2 Å². The van der Waals surface area contributed by atoms with Crippen molar-refractivity contribution in [1.82, 2.24) is 10.7 Å². The summed E-state index contributed by atoms with van der Waals surface area (Å²) >= 11 is 14.1. The summed E-state index contributed by atoms with van der Waals surface area (Å²) in [6, 6.07) is 16.3. The molecule has 3 rings (SSSR count). The molecule has 3 aromatic carbocycles. The van der Waals surface area contributed by atoms with Crippen LogP contribution in [0.1, 0.15) is 25.0 Å². The van der Waals surface area contributed by atoms with Crippen LogP contribution < -0.4 is 20.2 Å². The molecule has 3 aromatic rings. The fourth-order valence-corrected chi connectivity index (χ4v) is 4.42. The molecule has 200 valence electrons. The first-order valence-electron chi connectivity index (χ1n) is 11.6. The van der Waals surface area contributed by atoms with Gasteiger partial charge in [0.2, 0.25) is 0 Å². The van der Waals surface area contributed by atoms with Gasteiger partial charge in [-0.2, -0.15) is 5.10 Å². The summed E-state index contributed by atoms with van der Waals surface area (Å²) in [6.45, 7) is 3.75. The molecule has 0 aliphatic heterocycles. The van der Waals surface area contributed by atoms with Gasteiger partial charge in [-0.3, -0.25) is 9.59 Å². The topological polar surface area (TPSA) is 109 Å². The van der Waals surface area contributed by atoms with Crippen molar-refractivity contribution in [2.45, 2.75) is 32.4 Å². The summed E-state index contributed by atoms with van der Waals surface area (Å²) in [5.74, 6) is -0.381. The smallest absolute Gasteiger partial charge is 0.262 e. The maximum Gasteiger partial charge on any atom is 0.262 e. The van der Waals surface area contributed by atoms with E-state index >= 15 is 0 Å². The molecule has 0 bridgehead atoms. The molecule has 0 aliphatic carbocycles. The predicted octanol–water partition coefficient (Wildman–Crippen LogP) is 5.35. The van der Waals surface area contributed by atoms with Crippen LogP contribution in [0.15, 0.2) is 65.8 Å². The highest BCUT2D eigenvalue weighted by Crippen LogP contribution is 2.32. The van der Waals surface area contributed by atoms with Crippen molar-refractivity contribution in [3.05, 3.63) is 85.4 Å². The van der Waals surface area contributed by atoms with Crippen LogP contribution in [0.4, 0.5) is 0 Å². The molecule has 0 saturated heterocycles. The number of aromatic hydroxyl groups is 1. The van der Waals surface area contributed by atoms with Gasteiger partial charge in [0.05, 0.1) is 21.4 Å². The van der Waals surface area contributed by atoms with Crippen LogP contribution >= 0.6 is 45.8 Å². The fraction of sp³-hybridized carbons (Fsp3) is 0.222. The lowest BCUT2D eigenvalue weighted by Gasteiger charge is -2.21. The molecule has 0 fully saturated rings. The number of carbonyl (C=O) groups is 2. The standard InChI is InChI=1S/C27H26Cl2IN3O5/c1-3-37-24-13-18(11-21(30)25(24)34)15-31-33-27(36)22(12-17-7-5-4-6-8-17)32-26(35)16(2)38-23-10-9-19(28)14-20(23)29/h4-11,13-16,22,34H,3,12H2,1-2H3,(H,32,35)(H,33,36)/b31-15-/t16-,22-/m1/s1. The minimum atomic E-state index is -0.945. The van der Waals surface area contributed by atoms with Crippen LogP contribution in [-0.4, -0.2) is 41.9 Å². The zero-order valence-corrected chi connectivity index (χ0v) is 24.3. The third-order valence-electron chi connectivity index (χ3n) is 5.22. The third-order valence-corrected chi connectivity index (χ3v) is 6.57. The molecule has 8 nitrogen and oxygen atoms in total. The monoisotopic (exact) mass is 669 g/mol. The molecule has 11 heteroatoms. The van der Waals surface area contributed by atoms with Crippen LogP contribution in [0.2, 0.25) is 10.0 Å². The third kappa shape index (κ3) is 8.50. The van der Waals surface area contributed by atoms with Crippen molar-refractivity contribution in [2.24, 2.45) is 5.10 Å². The average molecular weight is 670 g/mol. The second-order valence-electron chi connectivity index (χ2n) is 8.10. The molecule has 0 aromatic heterocycles. The van der Waals surface area contributed by atoms with Gasteiger partial charge in [0.25, 0.3) is 11.8 Å². The quantitative estimate of drug-likeness (QED) is 0.145. The van der Waals surface area contributed by atoms with Crippen LogP contribution in [0, 0.1) is 3.57 Å². The Morgan fingerprint density at radius 2 is 1.82 bits per heavy atom. The highest BCUT2D eigenvalue weighted by Gasteiger charge is 2.25. The Kier molecular flexibility index (Phi) is 11.1. The van der Waals surface area contributed by atoms with Gasteiger partial charge in [0.15, 0.2) is 17.6 Å². The fourth-order valence-electron chi connectivity index (χ4n) is 3.35. The molecule has 0 saturated carbocycles. The van der Waals surface area contributed by atoms with Crippen molar-refractivity contribution < 1.29 is 24.2 Å². The highest BCUT2D eigenvalue weighted by atomic mass is 127. The van der Waals surface area contributed by atoms with E-state index in [1.807, 2.05) is 59.8 Å². The molecule has 0 spiro atoms. The zero-order valence-electron chi connectivity index (χ0n) is 20.6. The van der Waals surface area contributed by atoms with E-state index in [4.69, 9.17) is 32.7 Å².